The smallest absolute Gasteiger partial charge is 0.242 e. The predicted octanol–water partition coefficient (Wildman–Crippen LogP) is 0.370. The SMILES string of the molecule is CN1CCN(C(=O)CN2CCNCc3ccccc32)CC1. The number of hydrogen-bond acceptors (Lipinski definition) is 4. The van der Waals surface area contributed by atoms with E-state index < -0.39 is 0 Å². The molecule has 0 atom stereocenters. The summed E-state index contributed by atoms with van der Waals surface area (Å²) in [5.41, 5.74) is 2.48. The molecule has 3 rings (SSSR count). The van der Waals surface area contributed by atoms with Gasteiger partial charge in [-0.3, -0.25) is 4.79 Å². The number of carbonyl (C=O) groups excluding carboxylic acids is 1. The summed E-state index contributed by atoms with van der Waals surface area (Å²) in [5, 5.41) is 3.42. The molecule has 5 nitrogen and oxygen atoms in total. The maximum atomic E-state index is 12.5. The van der Waals surface area contributed by atoms with Gasteiger partial charge in [-0.15, -0.1) is 0 Å². The second-order valence-electron chi connectivity index (χ2n) is 5.91. The highest BCUT2D eigenvalue weighted by Crippen LogP contribution is 2.22. The fraction of sp³-hybridized carbons (Fsp3) is 0.562. The van der Waals surface area contributed by atoms with Gasteiger partial charge in [0, 0.05) is 51.5 Å². The maximum Gasteiger partial charge on any atom is 0.242 e. The van der Waals surface area contributed by atoms with Crippen molar-refractivity contribution < 1.29 is 4.79 Å². The number of nitrogens with zero attached hydrogens (tertiary/aromatic N) is 3. The molecule has 0 bridgehead atoms. The summed E-state index contributed by atoms with van der Waals surface area (Å²) >= 11 is 0. The van der Waals surface area contributed by atoms with Gasteiger partial charge in [-0.25, -0.2) is 0 Å². The summed E-state index contributed by atoms with van der Waals surface area (Å²) in [6.45, 7) is 6.83. The monoisotopic (exact) mass is 288 g/mol. The number of piperazine rings is 1. The van der Waals surface area contributed by atoms with Crippen LogP contribution in [0.1, 0.15) is 5.56 Å². The number of fused-ring (bicyclic) bond motifs is 1. The highest BCUT2D eigenvalue weighted by molar-refractivity contribution is 5.82. The van der Waals surface area contributed by atoms with Crippen LogP contribution in [0.15, 0.2) is 24.3 Å². The Morgan fingerprint density at radius 3 is 2.71 bits per heavy atom. The third-order valence-electron chi connectivity index (χ3n) is 4.39. The number of benzene rings is 1. The number of hydrogen-bond donors (Lipinski definition) is 1. The van der Waals surface area contributed by atoms with Crippen LogP contribution in [0.5, 0.6) is 0 Å². The van der Waals surface area contributed by atoms with Crippen LogP contribution in [-0.4, -0.2) is 68.6 Å². The molecular formula is C16H24N4O. The molecule has 1 fully saturated rings. The van der Waals surface area contributed by atoms with Crippen molar-refractivity contribution in [2.75, 3.05) is 57.8 Å². The average Bonchev–Trinajstić information content (AvgIpc) is 2.71. The second-order valence-corrected chi connectivity index (χ2v) is 5.91. The Kier molecular flexibility index (Phi) is 4.41. The minimum atomic E-state index is 0.250. The lowest BCUT2D eigenvalue weighted by Gasteiger charge is -2.34. The van der Waals surface area contributed by atoms with Crippen LogP contribution in [0.25, 0.3) is 0 Å². The number of amides is 1. The summed E-state index contributed by atoms with van der Waals surface area (Å²) in [4.78, 5) is 19.0. The molecule has 0 aromatic heterocycles. The van der Waals surface area contributed by atoms with Crippen molar-refractivity contribution in [3.8, 4) is 0 Å². The normalized spacial score (nSPS) is 20.0. The molecule has 2 aliphatic heterocycles. The van der Waals surface area contributed by atoms with Gasteiger partial charge in [0.1, 0.15) is 0 Å². The van der Waals surface area contributed by atoms with Gasteiger partial charge in [-0.05, 0) is 18.7 Å². The molecule has 114 valence electrons. The van der Waals surface area contributed by atoms with E-state index in [2.05, 4.69) is 46.4 Å². The van der Waals surface area contributed by atoms with Gasteiger partial charge in [0.2, 0.25) is 5.91 Å². The molecule has 21 heavy (non-hydrogen) atoms. The van der Waals surface area contributed by atoms with Crippen molar-refractivity contribution in [2.45, 2.75) is 6.54 Å². The molecule has 1 saturated heterocycles. The first-order valence-electron chi connectivity index (χ1n) is 7.74. The summed E-state index contributed by atoms with van der Waals surface area (Å²) in [5.74, 6) is 0.250. The van der Waals surface area contributed by atoms with Gasteiger partial charge in [-0.2, -0.15) is 0 Å². The molecule has 5 heteroatoms. The van der Waals surface area contributed by atoms with Crippen molar-refractivity contribution in [3.63, 3.8) is 0 Å². The Hall–Kier alpha value is -1.59. The molecular weight excluding hydrogens is 264 g/mol. The summed E-state index contributed by atoms with van der Waals surface area (Å²) in [7, 11) is 2.11. The van der Waals surface area contributed by atoms with Crippen LogP contribution in [-0.2, 0) is 11.3 Å². The van der Waals surface area contributed by atoms with E-state index in [1.165, 1.54) is 11.3 Å². The lowest BCUT2D eigenvalue weighted by molar-refractivity contribution is -0.131. The van der Waals surface area contributed by atoms with Gasteiger partial charge in [-0.1, -0.05) is 18.2 Å². The Labute approximate surface area is 126 Å². The standard InChI is InChI=1S/C16H24N4O/c1-18-8-10-19(11-9-18)16(21)13-20-7-6-17-12-14-4-2-3-5-15(14)20/h2-5,17H,6-13H2,1H3. The first-order valence-corrected chi connectivity index (χ1v) is 7.74. The summed E-state index contributed by atoms with van der Waals surface area (Å²) in [6, 6.07) is 8.38. The minimum Gasteiger partial charge on any atom is -0.361 e. The van der Waals surface area contributed by atoms with Crippen LogP contribution in [0, 0.1) is 0 Å². The Balaban J connectivity index is 1.68. The van der Waals surface area contributed by atoms with Crippen LogP contribution in [0.3, 0.4) is 0 Å². The number of anilines is 1. The van der Waals surface area contributed by atoms with E-state index in [-0.39, 0.29) is 5.91 Å². The number of nitrogens with one attached hydrogen (secondary N) is 1. The molecule has 2 aliphatic rings. The largest absolute Gasteiger partial charge is 0.361 e. The van der Waals surface area contributed by atoms with Crippen molar-refractivity contribution in [2.24, 2.45) is 0 Å². The summed E-state index contributed by atoms with van der Waals surface area (Å²) in [6.07, 6.45) is 0. The third kappa shape index (κ3) is 3.36. The van der Waals surface area contributed by atoms with Crippen molar-refractivity contribution in [3.05, 3.63) is 29.8 Å². The van der Waals surface area contributed by atoms with Gasteiger partial charge < -0.3 is 20.0 Å². The fourth-order valence-electron chi connectivity index (χ4n) is 3.01. The zero-order chi connectivity index (χ0) is 14.7. The zero-order valence-electron chi connectivity index (χ0n) is 12.7. The molecule has 1 aromatic rings. The molecule has 0 saturated carbocycles. The van der Waals surface area contributed by atoms with Gasteiger partial charge in [0.25, 0.3) is 0 Å². The number of carbonyl (C=O) groups is 1. The van der Waals surface area contributed by atoms with Crippen molar-refractivity contribution >= 4 is 11.6 Å². The van der Waals surface area contributed by atoms with Gasteiger partial charge >= 0.3 is 0 Å². The molecule has 1 aromatic carbocycles. The van der Waals surface area contributed by atoms with Crippen LogP contribution in [0.4, 0.5) is 5.69 Å². The molecule has 1 N–H and O–H groups in total. The number of rotatable bonds is 2. The highest BCUT2D eigenvalue weighted by Gasteiger charge is 2.23. The minimum absolute atomic E-state index is 0.250. The molecule has 0 aliphatic carbocycles. The Morgan fingerprint density at radius 1 is 1.14 bits per heavy atom. The van der Waals surface area contributed by atoms with E-state index in [1.54, 1.807) is 0 Å². The molecule has 2 heterocycles. The fourth-order valence-corrected chi connectivity index (χ4v) is 3.01. The van der Waals surface area contributed by atoms with Crippen molar-refractivity contribution in [1.29, 1.82) is 0 Å². The maximum absolute atomic E-state index is 12.5. The van der Waals surface area contributed by atoms with Gasteiger partial charge in [0.05, 0.1) is 6.54 Å². The second kappa shape index (κ2) is 6.45. The van der Waals surface area contributed by atoms with E-state index in [0.29, 0.717) is 6.54 Å². The van der Waals surface area contributed by atoms with Crippen LogP contribution < -0.4 is 10.2 Å². The van der Waals surface area contributed by atoms with E-state index in [9.17, 15) is 4.79 Å². The molecule has 0 spiro atoms. The summed E-state index contributed by atoms with van der Waals surface area (Å²) < 4.78 is 0. The molecule has 1 amide bonds. The first kappa shape index (κ1) is 14.4. The Bertz CT molecular complexity index is 497. The van der Waals surface area contributed by atoms with Crippen molar-refractivity contribution in [1.82, 2.24) is 15.1 Å². The van der Waals surface area contributed by atoms with E-state index in [1.807, 2.05) is 4.90 Å². The predicted molar refractivity (Wildman–Crippen MR) is 84.4 cm³/mol. The van der Waals surface area contributed by atoms with E-state index in [0.717, 1.165) is 45.8 Å². The molecule has 0 unspecified atom stereocenters. The van der Waals surface area contributed by atoms with E-state index in [4.69, 9.17) is 0 Å². The highest BCUT2D eigenvalue weighted by atomic mass is 16.2. The number of likely N-dealkylation sites (N-methyl/N-ethyl adjacent to an activating group) is 1. The zero-order valence-corrected chi connectivity index (χ0v) is 12.7. The number of para-hydroxylation sites is 1. The average molecular weight is 288 g/mol. The first-order chi connectivity index (χ1) is 10.2. The van der Waals surface area contributed by atoms with Crippen LogP contribution >= 0.6 is 0 Å². The lowest BCUT2D eigenvalue weighted by Crippen LogP contribution is -2.50. The Morgan fingerprint density at radius 2 is 1.90 bits per heavy atom. The van der Waals surface area contributed by atoms with E-state index >= 15 is 0 Å². The lowest BCUT2D eigenvalue weighted by atomic mass is 10.1. The molecule has 0 radical (unpaired) electrons. The van der Waals surface area contributed by atoms with Crippen LogP contribution in [0.2, 0.25) is 0 Å². The van der Waals surface area contributed by atoms with Gasteiger partial charge in [0.15, 0.2) is 0 Å². The topological polar surface area (TPSA) is 38.8 Å². The quantitative estimate of drug-likeness (QED) is 0.853. The third-order valence-corrected chi connectivity index (χ3v) is 4.39.